The molecule has 2 amide bonds. The summed E-state index contributed by atoms with van der Waals surface area (Å²) in [7, 11) is -0.0824. The highest BCUT2D eigenvalue weighted by molar-refractivity contribution is 7.85. The van der Waals surface area contributed by atoms with Crippen molar-refractivity contribution in [3.63, 3.8) is 0 Å². The van der Waals surface area contributed by atoms with Gasteiger partial charge in [-0.1, -0.05) is 41.9 Å². The van der Waals surface area contributed by atoms with Crippen molar-refractivity contribution < 1.29 is 18.5 Å². The Balaban J connectivity index is 1.60. The largest absolute Gasteiger partial charge is 0.495 e. The lowest BCUT2D eigenvalue weighted by Crippen LogP contribution is -2.30. The fraction of sp³-hybridized carbons (Fsp3) is 0.103. The number of carbonyl (C=O) groups is 2. The Morgan fingerprint density at radius 2 is 1.78 bits per heavy atom. The molecule has 6 nitrogen and oxygen atoms in total. The Kier molecular flexibility index (Phi) is 6.82. The zero-order chi connectivity index (χ0) is 26.1. The molecule has 4 aromatic rings. The van der Waals surface area contributed by atoms with E-state index < -0.39 is 10.8 Å². The summed E-state index contributed by atoms with van der Waals surface area (Å²) in [5.41, 5.74) is 3.37. The minimum Gasteiger partial charge on any atom is -0.495 e. The Labute approximate surface area is 222 Å². The van der Waals surface area contributed by atoms with Crippen LogP contribution in [-0.4, -0.2) is 23.1 Å². The van der Waals surface area contributed by atoms with Crippen molar-refractivity contribution in [3.05, 3.63) is 112 Å². The van der Waals surface area contributed by atoms with Crippen LogP contribution in [0.4, 0.5) is 11.4 Å². The molecule has 1 unspecified atom stereocenters. The third-order valence-electron chi connectivity index (χ3n) is 6.11. The Morgan fingerprint density at radius 1 is 0.973 bits per heavy atom. The molecule has 1 aliphatic rings. The maximum Gasteiger partial charge on any atom is 0.259 e. The normalized spacial score (nSPS) is 14.4. The third-order valence-corrected chi connectivity index (χ3v) is 7.84. The van der Waals surface area contributed by atoms with E-state index in [1.54, 1.807) is 65.6 Å². The van der Waals surface area contributed by atoms with Gasteiger partial charge in [-0.2, -0.15) is 0 Å². The zero-order valence-corrected chi connectivity index (χ0v) is 21.7. The van der Waals surface area contributed by atoms with Crippen LogP contribution in [0.3, 0.4) is 0 Å². The fourth-order valence-electron chi connectivity index (χ4n) is 4.29. The van der Waals surface area contributed by atoms with Crippen molar-refractivity contribution >= 4 is 45.6 Å². The number of rotatable bonds is 5. The quantitative estimate of drug-likeness (QED) is 0.331. The van der Waals surface area contributed by atoms with E-state index in [9.17, 15) is 13.8 Å². The Bertz CT molecular complexity index is 1570. The van der Waals surface area contributed by atoms with Crippen molar-refractivity contribution in [2.45, 2.75) is 23.3 Å². The van der Waals surface area contributed by atoms with Gasteiger partial charge >= 0.3 is 0 Å². The summed E-state index contributed by atoms with van der Waals surface area (Å²) in [4.78, 5) is 29.5. The Hall–Kier alpha value is -3.94. The van der Waals surface area contributed by atoms with Crippen LogP contribution < -0.4 is 15.0 Å². The lowest BCUT2D eigenvalue weighted by atomic mass is 10.1. The maximum atomic E-state index is 13.8. The summed E-state index contributed by atoms with van der Waals surface area (Å²) in [6.45, 7) is 2.11. The number of nitrogens with one attached hydrogen (secondary N) is 1. The minimum absolute atomic E-state index is 0.189. The summed E-state index contributed by atoms with van der Waals surface area (Å²) < 4.78 is 19.0. The number of benzene rings is 4. The average molecular weight is 531 g/mol. The predicted molar refractivity (Wildman–Crippen MR) is 145 cm³/mol. The van der Waals surface area contributed by atoms with E-state index in [-0.39, 0.29) is 18.4 Å². The first-order chi connectivity index (χ1) is 17.9. The van der Waals surface area contributed by atoms with Crippen LogP contribution in [0, 0.1) is 6.92 Å². The van der Waals surface area contributed by atoms with Crippen LogP contribution in [0.25, 0.3) is 0 Å². The molecule has 37 heavy (non-hydrogen) atoms. The van der Waals surface area contributed by atoms with Gasteiger partial charge in [0.05, 0.1) is 51.2 Å². The molecule has 5 rings (SSSR count). The number of aryl methyl sites for hydroxylation is 1. The molecule has 8 heteroatoms. The molecule has 0 fully saturated rings. The standard InChI is InChI=1S/C29H23ClN2O4S/c1-18-10-12-25(36-2)23(14-18)31-28(33)20-11-13-27-24(16-20)32(17-19-6-5-7-21(30)15-19)29(34)22-8-3-4-9-26(22)37(27)35/h3-16H,17H2,1-2H3,(H,31,33). The molecule has 186 valence electrons. The molecule has 0 radical (unpaired) electrons. The summed E-state index contributed by atoms with van der Waals surface area (Å²) >= 11 is 6.20. The molecule has 1 N–H and O–H groups in total. The van der Waals surface area contributed by atoms with Gasteiger partial charge in [-0.05, 0) is 72.6 Å². The first-order valence-electron chi connectivity index (χ1n) is 11.5. The lowest BCUT2D eigenvalue weighted by Gasteiger charge is -2.24. The molecule has 0 bridgehead atoms. The highest BCUT2D eigenvalue weighted by Crippen LogP contribution is 2.36. The van der Waals surface area contributed by atoms with Crippen LogP contribution in [0.5, 0.6) is 5.75 Å². The van der Waals surface area contributed by atoms with Gasteiger partial charge in [-0.15, -0.1) is 0 Å². The molecule has 0 saturated carbocycles. The number of nitrogens with zero attached hydrogens (tertiary/aromatic N) is 1. The average Bonchev–Trinajstić information content (AvgIpc) is 2.98. The first-order valence-corrected chi connectivity index (χ1v) is 13.1. The lowest BCUT2D eigenvalue weighted by molar-refractivity contribution is 0.0979. The zero-order valence-electron chi connectivity index (χ0n) is 20.2. The fourth-order valence-corrected chi connectivity index (χ4v) is 5.85. The van der Waals surface area contributed by atoms with E-state index in [0.29, 0.717) is 43.1 Å². The highest BCUT2D eigenvalue weighted by Gasteiger charge is 2.31. The van der Waals surface area contributed by atoms with E-state index in [1.165, 1.54) is 7.11 Å². The van der Waals surface area contributed by atoms with E-state index in [4.69, 9.17) is 16.3 Å². The second-order valence-electron chi connectivity index (χ2n) is 8.63. The maximum absolute atomic E-state index is 13.8. The first kappa shape index (κ1) is 24.7. The topological polar surface area (TPSA) is 75.7 Å². The molecule has 1 heterocycles. The highest BCUT2D eigenvalue weighted by atomic mass is 35.5. The van der Waals surface area contributed by atoms with Crippen molar-refractivity contribution in [2.75, 3.05) is 17.3 Å². The van der Waals surface area contributed by atoms with Gasteiger partial charge in [0.2, 0.25) is 0 Å². The molecular weight excluding hydrogens is 508 g/mol. The van der Waals surface area contributed by atoms with Crippen molar-refractivity contribution in [1.29, 1.82) is 0 Å². The summed E-state index contributed by atoms with van der Waals surface area (Å²) in [5, 5.41) is 3.44. The van der Waals surface area contributed by atoms with E-state index in [2.05, 4.69) is 5.32 Å². The van der Waals surface area contributed by atoms with Gasteiger partial charge in [-0.3, -0.25) is 9.59 Å². The van der Waals surface area contributed by atoms with Crippen LogP contribution in [0.2, 0.25) is 5.02 Å². The molecular formula is C29H23ClN2O4S. The summed E-state index contributed by atoms with van der Waals surface area (Å²) in [6, 6.07) is 24.5. The molecule has 0 spiro atoms. The van der Waals surface area contributed by atoms with Crippen LogP contribution in [0.1, 0.15) is 31.8 Å². The number of ether oxygens (including phenoxy) is 1. The molecule has 4 aromatic carbocycles. The van der Waals surface area contributed by atoms with Gasteiger partial charge in [0.1, 0.15) is 5.75 Å². The third kappa shape index (κ3) is 4.88. The minimum atomic E-state index is -1.62. The van der Waals surface area contributed by atoms with Gasteiger partial charge in [0, 0.05) is 10.6 Å². The van der Waals surface area contributed by atoms with E-state index in [1.807, 2.05) is 31.2 Å². The summed E-state index contributed by atoms with van der Waals surface area (Å²) in [5.74, 6) is -0.155. The molecule has 0 saturated heterocycles. The van der Waals surface area contributed by atoms with E-state index >= 15 is 0 Å². The SMILES string of the molecule is COc1ccc(C)cc1NC(=O)c1ccc2c(c1)N(Cc1cccc(Cl)c1)C(=O)c1ccccc1S2=O. The van der Waals surface area contributed by atoms with Crippen LogP contribution >= 0.6 is 11.6 Å². The molecule has 1 aliphatic heterocycles. The predicted octanol–water partition coefficient (Wildman–Crippen LogP) is 6.24. The van der Waals surface area contributed by atoms with Gasteiger partial charge in [0.15, 0.2) is 0 Å². The number of carbonyl (C=O) groups excluding carboxylic acids is 2. The van der Waals surface area contributed by atoms with Gasteiger partial charge in [0.25, 0.3) is 11.8 Å². The van der Waals surface area contributed by atoms with Crippen molar-refractivity contribution in [1.82, 2.24) is 0 Å². The summed E-state index contributed by atoms with van der Waals surface area (Å²) in [6.07, 6.45) is 0. The number of anilines is 2. The second-order valence-corrected chi connectivity index (χ2v) is 10.5. The number of hydrogen-bond donors (Lipinski definition) is 1. The van der Waals surface area contributed by atoms with Gasteiger partial charge < -0.3 is 15.0 Å². The molecule has 0 aliphatic carbocycles. The number of hydrogen-bond acceptors (Lipinski definition) is 4. The molecule has 0 aromatic heterocycles. The molecule has 1 atom stereocenters. The van der Waals surface area contributed by atoms with E-state index in [0.717, 1.165) is 11.1 Å². The van der Waals surface area contributed by atoms with Crippen LogP contribution in [-0.2, 0) is 17.3 Å². The number of halogens is 1. The van der Waals surface area contributed by atoms with Crippen LogP contribution in [0.15, 0.2) is 94.7 Å². The Morgan fingerprint density at radius 3 is 2.57 bits per heavy atom. The van der Waals surface area contributed by atoms with Gasteiger partial charge in [-0.25, -0.2) is 4.21 Å². The monoisotopic (exact) mass is 530 g/mol. The number of fused-ring (bicyclic) bond motifs is 2. The number of methoxy groups -OCH3 is 1. The van der Waals surface area contributed by atoms with Crippen molar-refractivity contribution in [3.8, 4) is 5.75 Å². The smallest absolute Gasteiger partial charge is 0.259 e. The number of amides is 2. The van der Waals surface area contributed by atoms with Crippen molar-refractivity contribution in [2.24, 2.45) is 0 Å². The second kappa shape index (κ2) is 10.2.